The molecule has 1 atom stereocenters. The van der Waals surface area contributed by atoms with Crippen molar-refractivity contribution in [3.63, 3.8) is 0 Å². The van der Waals surface area contributed by atoms with Crippen LogP contribution in [0.15, 0.2) is 29.2 Å². The highest BCUT2D eigenvalue weighted by atomic mass is 32.2. The Hall–Kier alpha value is -1.61. The van der Waals surface area contributed by atoms with E-state index in [9.17, 15) is 26.4 Å². The van der Waals surface area contributed by atoms with Crippen LogP contribution >= 0.6 is 0 Å². The molecule has 1 heterocycles. The molecule has 1 unspecified atom stereocenters. The van der Waals surface area contributed by atoms with E-state index in [1.54, 1.807) is 11.8 Å². The summed E-state index contributed by atoms with van der Waals surface area (Å²) in [6.07, 6.45) is -3.71. The molecule has 5 nitrogen and oxygen atoms in total. The largest absolute Gasteiger partial charge is 0.416 e. The molecule has 2 N–H and O–H groups in total. The SMILES string of the molecule is CC(N)C(=O)N1CCC(C(C)(C)S(=O)(=O)c2cccc(C(F)(F)F)c2)CC1. The Morgan fingerprint density at radius 2 is 1.78 bits per heavy atom. The van der Waals surface area contributed by atoms with Crippen LogP contribution in [0.1, 0.15) is 39.2 Å². The molecule has 1 aliphatic heterocycles. The third-order valence-electron chi connectivity index (χ3n) is 5.34. The number of carbonyl (C=O) groups is 1. The van der Waals surface area contributed by atoms with E-state index in [0.29, 0.717) is 32.0 Å². The van der Waals surface area contributed by atoms with Gasteiger partial charge in [0.1, 0.15) is 0 Å². The summed E-state index contributed by atoms with van der Waals surface area (Å²) in [5, 5.41) is 0. The fourth-order valence-corrected chi connectivity index (χ4v) is 5.27. The molecule has 1 saturated heterocycles. The summed E-state index contributed by atoms with van der Waals surface area (Å²) in [4.78, 5) is 13.2. The Balaban J connectivity index is 2.25. The first kappa shape index (κ1) is 21.7. The Kier molecular flexibility index (Phi) is 5.96. The van der Waals surface area contributed by atoms with Crippen molar-refractivity contribution in [1.82, 2.24) is 4.90 Å². The maximum Gasteiger partial charge on any atom is 0.416 e. The fourth-order valence-electron chi connectivity index (χ4n) is 3.45. The van der Waals surface area contributed by atoms with E-state index < -0.39 is 32.4 Å². The number of nitrogens with two attached hydrogens (primary N) is 1. The standard InChI is InChI=1S/C18H25F3N2O3S/c1-12(22)16(24)23-9-7-13(8-10-23)17(2,3)27(25,26)15-6-4-5-14(11-15)18(19,20)21/h4-6,11-13H,7-10,22H2,1-3H3. The normalized spacial score (nSPS) is 18.4. The fraction of sp³-hybridized carbons (Fsp3) is 0.611. The van der Waals surface area contributed by atoms with E-state index in [2.05, 4.69) is 0 Å². The van der Waals surface area contributed by atoms with Crippen molar-refractivity contribution in [2.75, 3.05) is 13.1 Å². The predicted molar refractivity (Wildman–Crippen MR) is 95.7 cm³/mol. The third-order valence-corrected chi connectivity index (χ3v) is 7.94. The molecule has 2 rings (SSSR count). The lowest BCUT2D eigenvalue weighted by Gasteiger charge is -2.40. The molecule has 1 aliphatic rings. The van der Waals surface area contributed by atoms with Crippen LogP contribution in [0.5, 0.6) is 0 Å². The predicted octanol–water partition coefficient (Wildman–Crippen LogP) is 2.84. The second kappa shape index (κ2) is 7.43. The van der Waals surface area contributed by atoms with Crippen LogP contribution in [-0.4, -0.2) is 43.1 Å². The summed E-state index contributed by atoms with van der Waals surface area (Å²) in [7, 11) is -4.00. The Labute approximate surface area is 157 Å². The van der Waals surface area contributed by atoms with E-state index in [0.717, 1.165) is 12.1 Å². The van der Waals surface area contributed by atoms with Gasteiger partial charge in [0.15, 0.2) is 9.84 Å². The third kappa shape index (κ3) is 4.29. The number of sulfone groups is 1. The van der Waals surface area contributed by atoms with E-state index in [1.807, 2.05) is 0 Å². The van der Waals surface area contributed by atoms with Crippen molar-refractivity contribution >= 4 is 15.7 Å². The first-order valence-corrected chi connectivity index (χ1v) is 10.2. The summed E-state index contributed by atoms with van der Waals surface area (Å²) in [5.41, 5.74) is 4.61. The summed E-state index contributed by atoms with van der Waals surface area (Å²) in [6, 6.07) is 3.22. The molecule has 0 spiro atoms. The molecular weight excluding hydrogens is 381 g/mol. The quantitative estimate of drug-likeness (QED) is 0.834. The number of hydrogen-bond donors (Lipinski definition) is 1. The van der Waals surface area contributed by atoms with Crippen LogP contribution in [-0.2, 0) is 20.8 Å². The number of alkyl halides is 3. The van der Waals surface area contributed by atoms with Gasteiger partial charge in [0, 0.05) is 13.1 Å². The van der Waals surface area contributed by atoms with E-state index >= 15 is 0 Å². The molecule has 0 aromatic heterocycles. The molecule has 0 bridgehead atoms. The van der Waals surface area contributed by atoms with E-state index in [1.165, 1.54) is 19.9 Å². The molecule has 1 aromatic rings. The first-order chi connectivity index (χ1) is 12.3. The van der Waals surface area contributed by atoms with Gasteiger partial charge in [-0.05, 0) is 57.7 Å². The highest BCUT2D eigenvalue weighted by molar-refractivity contribution is 7.92. The van der Waals surface area contributed by atoms with Gasteiger partial charge in [-0.25, -0.2) is 8.42 Å². The maximum atomic E-state index is 13.1. The van der Waals surface area contributed by atoms with Crippen LogP contribution in [0.4, 0.5) is 13.2 Å². The van der Waals surface area contributed by atoms with Gasteiger partial charge in [0.25, 0.3) is 0 Å². The minimum Gasteiger partial charge on any atom is -0.341 e. The van der Waals surface area contributed by atoms with Gasteiger partial charge in [-0.15, -0.1) is 0 Å². The van der Waals surface area contributed by atoms with Gasteiger partial charge in [0.05, 0.1) is 21.2 Å². The Morgan fingerprint density at radius 3 is 2.26 bits per heavy atom. The van der Waals surface area contributed by atoms with Crippen molar-refractivity contribution < 1.29 is 26.4 Å². The maximum absolute atomic E-state index is 13.1. The van der Waals surface area contributed by atoms with Crippen LogP contribution in [0, 0.1) is 5.92 Å². The average molecular weight is 406 g/mol. The van der Waals surface area contributed by atoms with Crippen LogP contribution < -0.4 is 5.73 Å². The molecule has 0 aliphatic carbocycles. The zero-order valence-electron chi connectivity index (χ0n) is 15.6. The van der Waals surface area contributed by atoms with Crippen molar-refractivity contribution in [3.05, 3.63) is 29.8 Å². The lowest BCUT2D eigenvalue weighted by Crippen LogP contribution is -2.50. The van der Waals surface area contributed by atoms with Gasteiger partial charge >= 0.3 is 6.18 Å². The van der Waals surface area contributed by atoms with Crippen LogP contribution in [0.2, 0.25) is 0 Å². The molecule has 1 fully saturated rings. The zero-order valence-corrected chi connectivity index (χ0v) is 16.4. The summed E-state index contributed by atoms with van der Waals surface area (Å²) in [6.45, 7) is 5.43. The van der Waals surface area contributed by atoms with Crippen molar-refractivity contribution in [1.29, 1.82) is 0 Å². The monoisotopic (exact) mass is 406 g/mol. The molecule has 152 valence electrons. The Bertz CT molecular complexity index is 796. The topological polar surface area (TPSA) is 80.5 Å². The van der Waals surface area contributed by atoms with Gasteiger partial charge in [0.2, 0.25) is 5.91 Å². The molecule has 1 aromatic carbocycles. The molecule has 0 radical (unpaired) electrons. The van der Waals surface area contributed by atoms with Crippen molar-refractivity contribution in [3.8, 4) is 0 Å². The second-order valence-corrected chi connectivity index (χ2v) is 10.1. The highest BCUT2D eigenvalue weighted by Crippen LogP contribution is 2.39. The van der Waals surface area contributed by atoms with Gasteiger partial charge < -0.3 is 10.6 Å². The minimum atomic E-state index is -4.61. The van der Waals surface area contributed by atoms with Crippen LogP contribution in [0.25, 0.3) is 0 Å². The number of halogens is 3. The number of hydrogen-bond acceptors (Lipinski definition) is 4. The van der Waals surface area contributed by atoms with Crippen molar-refractivity contribution in [2.45, 2.75) is 55.5 Å². The van der Waals surface area contributed by atoms with Gasteiger partial charge in [-0.1, -0.05) is 6.07 Å². The first-order valence-electron chi connectivity index (χ1n) is 8.74. The summed E-state index contributed by atoms with van der Waals surface area (Å²) in [5.74, 6) is -0.471. The molecule has 27 heavy (non-hydrogen) atoms. The number of piperidine rings is 1. The molecule has 1 amide bonds. The van der Waals surface area contributed by atoms with Crippen LogP contribution in [0.3, 0.4) is 0 Å². The lowest BCUT2D eigenvalue weighted by atomic mass is 9.85. The molecule has 0 saturated carbocycles. The van der Waals surface area contributed by atoms with Gasteiger partial charge in [-0.2, -0.15) is 13.2 Å². The average Bonchev–Trinajstić information content (AvgIpc) is 2.60. The highest BCUT2D eigenvalue weighted by Gasteiger charge is 2.45. The summed E-state index contributed by atoms with van der Waals surface area (Å²) < 4.78 is 63.8. The number of benzene rings is 1. The number of nitrogens with zero attached hydrogens (tertiary/aromatic N) is 1. The lowest BCUT2D eigenvalue weighted by molar-refractivity contribution is -0.137. The van der Waals surface area contributed by atoms with E-state index in [4.69, 9.17) is 5.73 Å². The zero-order chi connectivity index (χ0) is 20.6. The van der Waals surface area contributed by atoms with Gasteiger partial charge in [-0.3, -0.25) is 4.79 Å². The summed E-state index contributed by atoms with van der Waals surface area (Å²) >= 11 is 0. The number of rotatable bonds is 4. The van der Waals surface area contributed by atoms with E-state index in [-0.39, 0.29) is 16.7 Å². The van der Waals surface area contributed by atoms with Crippen molar-refractivity contribution in [2.24, 2.45) is 11.7 Å². The Morgan fingerprint density at radius 1 is 1.22 bits per heavy atom. The smallest absolute Gasteiger partial charge is 0.341 e. The minimum absolute atomic E-state index is 0.188. The number of amides is 1. The number of likely N-dealkylation sites (tertiary alicyclic amines) is 1. The number of carbonyl (C=O) groups excluding carboxylic acids is 1. The molecular formula is C18H25F3N2O3S. The molecule has 9 heteroatoms. The second-order valence-electron chi connectivity index (χ2n) is 7.52.